The highest BCUT2D eigenvalue weighted by molar-refractivity contribution is 6.01. The van der Waals surface area contributed by atoms with Crippen molar-refractivity contribution >= 4 is 29.1 Å². The Hall–Kier alpha value is -3.35. The summed E-state index contributed by atoms with van der Waals surface area (Å²) < 4.78 is 5.41. The van der Waals surface area contributed by atoms with Crippen molar-refractivity contribution in [3.8, 4) is 5.75 Å². The molecule has 2 aromatic carbocycles. The third-order valence-corrected chi connectivity index (χ3v) is 4.68. The molecular formula is C22H25N3O4. The molecule has 1 saturated heterocycles. The van der Waals surface area contributed by atoms with Crippen molar-refractivity contribution in [1.82, 2.24) is 5.32 Å². The van der Waals surface area contributed by atoms with Crippen LogP contribution in [0, 0.1) is 5.92 Å². The van der Waals surface area contributed by atoms with Gasteiger partial charge in [-0.15, -0.1) is 0 Å². The smallest absolute Gasteiger partial charge is 0.227 e. The molecule has 2 N–H and O–H groups in total. The van der Waals surface area contributed by atoms with Gasteiger partial charge in [0.05, 0.1) is 12.5 Å². The summed E-state index contributed by atoms with van der Waals surface area (Å²) in [4.78, 5) is 37.8. The Balaban J connectivity index is 1.58. The van der Waals surface area contributed by atoms with E-state index in [4.69, 9.17) is 4.74 Å². The molecule has 0 radical (unpaired) electrons. The zero-order chi connectivity index (χ0) is 20.8. The molecule has 3 amide bonds. The summed E-state index contributed by atoms with van der Waals surface area (Å²) in [7, 11) is 0. The van der Waals surface area contributed by atoms with E-state index >= 15 is 0 Å². The molecule has 1 unspecified atom stereocenters. The molecule has 0 saturated carbocycles. The van der Waals surface area contributed by atoms with Gasteiger partial charge in [0.1, 0.15) is 5.75 Å². The summed E-state index contributed by atoms with van der Waals surface area (Å²) in [6, 6.07) is 14.6. The topological polar surface area (TPSA) is 87.7 Å². The van der Waals surface area contributed by atoms with Gasteiger partial charge < -0.3 is 20.3 Å². The van der Waals surface area contributed by atoms with Crippen LogP contribution in [0.15, 0.2) is 48.5 Å². The fourth-order valence-corrected chi connectivity index (χ4v) is 3.29. The average molecular weight is 395 g/mol. The lowest BCUT2D eigenvalue weighted by Gasteiger charge is -2.18. The van der Waals surface area contributed by atoms with Crippen molar-refractivity contribution in [2.24, 2.45) is 5.92 Å². The Bertz CT molecular complexity index is 895. The van der Waals surface area contributed by atoms with E-state index in [0.717, 1.165) is 11.3 Å². The molecule has 1 atom stereocenters. The van der Waals surface area contributed by atoms with Crippen LogP contribution in [0.25, 0.3) is 0 Å². The first kappa shape index (κ1) is 20.4. The lowest BCUT2D eigenvalue weighted by Crippen LogP contribution is -2.32. The van der Waals surface area contributed by atoms with Crippen molar-refractivity contribution in [3.05, 3.63) is 54.1 Å². The Morgan fingerprint density at radius 3 is 2.62 bits per heavy atom. The van der Waals surface area contributed by atoms with Crippen molar-refractivity contribution in [3.63, 3.8) is 0 Å². The Morgan fingerprint density at radius 1 is 1.17 bits per heavy atom. The van der Waals surface area contributed by atoms with Crippen molar-refractivity contribution in [2.75, 3.05) is 23.4 Å². The van der Waals surface area contributed by atoms with Crippen LogP contribution >= 0.6 is 0 Å². The highest BCUT2D eigenvalue weighted by Crippen LogP contribution is 2.27. The minimum atomic E-state index is -0.408. The van der Waals surface area contributed by atoms with Crippen LogP contribution in [0.2, 0.25) is 0 Å². The van der Waals surface area contributed by atoms with E-state index in [1.807, 2.05) is 31.2 Å². The second-order valence-electron chi connectivity index (χ2n) is 6.93. The van der Waals surface area contributed by atoms with Gasteiger partial charge in [-0.2, -0.15) is 0 Å². The highest BCUT2D eigenvalue weighted by atomic mass is 16.5. The second kappa shape index (κ2) is 9.23. The molecular weight excluding hydrogens is 370 g/mol. The zero-order valence-electron chi connectivity index (χ0n) is 16.6. The Kier molecular flexibility index (Phi) is 6.49. The van der Waals surface area contributed by atoms with Gasteiger partial charge >= 0.3 is 0 Å². The lowest BCUT2D eigenvalue weighted by atomic mass is 10.1. The molecule has 7 heteroatoms. The van der Waals surface area contributed by atoms with Gasteiger partial charge in [-0.1, -0.05) is 18.2 Å². The predicted molar refractivity (Wildman–Crippen MR) is 111 cm³/mol. The predicted octanol–water partition coefficient (Wildman–Crippen LogP) is 2.71. The lowest BCUT2D eigenvalue weighted by molar-refractivity contribution is -0.126. The van der Waals surface area contributed by atoms with Crippen LogP contribution in [-0.4, -0.2) is 30.9 Å². The first-order chi connectivity index (χ1) is 14.0. The maximum Gasteiger partial charge on any atom is 0.227 e. The fourth-order valence-electron chi connectivity index (χ4n) is 3.29. The summed E-state index contributed by atoms with van der Waals surface area (Å²) >= 11 is 0. The van der Waals surface area contributed by atoms with Gasteiger partial charge in [0.25, 0.3) is 0 Å². The molecule has 1 fully saturated rings. The van der Waals surface area contributed by atoms with Gasteiger partial charge in [-0.05, 0) is 42.8 Å². The van der Waals surface area contributed by atoms with Crippen LogP contribution in [0.1, 0.15) is 25.8 Å². The SMILES string of the molecule is CCOc1ccc(CNC(=O)C2CC(=O)N(c3cccc(NC(C)=O)c3)C2)cc1. The van der Waals surface area contributed by atoms with Crippen LogP contribution in [0.4, 0.5) is 11.4 Å². The summed E-state index contributed by atoms with van der Waals surface area (Å²) in [5.41, 5.74) is 2.25. The average Bonchev–Trinajstić information content (AvgIpc) is 3.09. The molecule has 0 bridgehead atoms. The fraction of sp³-hybridized carbons (Fsp3) is 0.318. The van der Waals surface area contributed by atoms with Gasteiger partial charge in [-0.3, -0.25) is 14.4 Å². The number of hydrogen-bond donors (Lipinski definition) is 2. The largest absolute Gasteiger partial charge is 0.494 e. The number of nitrogens with one attached hydrogen (secondary N) is 2. The second-order valence-corrected chi connectivity index (χ2v) is 6.93. The normalized spacial score (nSPS) is 15.9. The van der Waals surface area contributed by atoms with Crippen molar-refractivity contribution in [1.29, 1.82) is 0 Å². The molecule has 152 valence electrons. The molecule has 0 aromatic heterocycles. The molecule has 29 heavy (non-hydrogen) atoms. The maximum atomic E-state index is 12.6. The Labute approximate surface area is 170 Å². The molecule has 7 nitrogen and oxygen atoms in total. The van der Waals surface area contributed by atoms with E-state index in [0.29, 0.717) is 31.1 Å². The number of benzene rings is 2. The number of carbonyl (C=O) groups is 3. The number of hydrogen-bond acceptors (Lipinski definition) is 4. The van der Waals surface area contributed by atoms with E-state index < -0.39 is 5.92 Å². The molecule has 0 spiro atoms. The number of carbonyl (C=O) groups excluding carboxylic acids is 3. The quantitative estimate of drug-likeness (QED) is 0.755. The zero-order valence-corrected chi connectivity index (χ0v) is 16.6. The maximum absolute atomic E-state index is 12.6. The molecule has 0 aliphatic carbocycles. The van der Waals surface area contributed by atoms with Gasteiger partial charge in [0.15, 0.2) is 0 Å². The number of ether oxygens (including phenoxy) is 1. The molecule has 1 aliphatic heterocycles. The van der Waals surface area contributed by atoms with Gasteiger partial charge in [-0.25, -0.2) is 0 Å². The van der Waals surface area contributed by atoms with Crippen LogP contribution < -0.4 is 20.3 Å². The standard InChI is InChI=1S/C22H25N3O4/c1-3-29-20-9-7-16(8-10-20)13-23-22(28)17-11-21(27)25(14-17)19-6-4-5-18(12-19)24-15(2)26/h4-10,12,17H,3,11,13-14H2,1-2H3,(H,23,28)(H,24,26). The van der Waals surface area contributed by atoms with Gasteiger partial charge in [0.2, 0.25) is 17.7 Å². The summed E-state index contributed by atoms with van der Waals surface area (Å²) in [5.74, 6) is -0.0453. The summed E-state index contributed by atoms with van der Waals surface area (Å²) in [6.07, 6.45) is 0.166. The molecule has 2 aromatic rings. The third-order valence-electron chi connectivity index (χ3n) is 4.68. The van der Waals surface area contributed by atoms with E-state index in [1.165, 1.54) is 6.92 Å². The van der Waals surface area contributed by atoms with E-state index in [-0.39, 0.29) is 24.1 Å². The van der Waals surface area contributed by atoms with Crippen LogP contribution in [0.3, 0.4) is 0 Å². The minimum Gasteiger partial charge on any atom is -0.494 e. The minimum absolute atomic E-state index is 0.105. The molecule has 3 rings (SSSR count). The number of nitrogens with zero attached hydrogens (tertiary/aromatic N) is 1. The van der Waals surface area contributed by atoms with Gasteiger partial charge in [0, 0.05) is 37.8 Å². The highest BCUT2D eigenvalue weighted by Gasteiger charge is 2.35. The van der Waals surface area contributed by atoms with Crippen LogP contribution in [-0.2, 0) is 20.9 Å². The number of rotatable bonds is 7. The van der Waals surface area contributed by atoms with E-state index in [1.54, 1.807) is 29.2 Å². The Morgan fingerprint density at radius 2 is 1.93 bits per heavy atom. The number of anilines is 2. The molecule has 1 heterocycles. The third kappa shape index (κ3) is 5.34. The number of amides is 3. The monoisotopic (exact) mass is 395 g/mol. The van der Waals surface area contributed by atoms with Crippen molar-refractivity contribution < 1.29 is 19.1 Å². The van der Waals surface area contributed by atoms with E-state index in [9.17, 15) is 14.4 Å². The van der Waals surface area contributed by atoms with E-state index in [2.05, 4.69) is 10.6 Å². The first-order valence-corrected chi connectivity index (χ1v) is 9.63. The summed E-state index contributed by atoms with van der Waals surface area (Å²) in [6.45, 7) is 4.68. The molecule has 1 aliphatic rings. The van der Waals surface area contributed by atoms with Crippen LogP contribution in [0.5, 0.6) is 5.75 Å². The first-order valence-electron chi connectivity index (χ1n) is 9.63. The van der Waals surface area contributed by atoms with Crippen molar-refractivity contribution in [2.45, 2.75) is 26.8 Å². The summed E-state index contributed by atoms with van der Waals surface area (Å²) in [5, 5.41) is 5.61.